The lowest BCUT2D eigenvalue weighted by atomic mass is 9.83. The molecule has 2 atom stereocenters. The maximum atomic E-state index is 12.4. The number of halogens is 2. The molecule has 21 heavy (non-hydrogen) atoms. The lowest BCUT2D eigenvalue weighted by Gasteiger charge is -2.26. The quantitative estimate of drug-likeness (QED) is 0.813. The minimum atomic E-state index is -3.72. The highest BCUT2D eigenvalue weighted by Gasteiger charge is 2.25. The van der Waals surface area contributed by atoms with Crippen molar-refractivity contribution < 1.29 is 8.42 Å². The maximum Gasteiger partial charge on any atom is 0.244 e. The van der Waals surface area contributed by atoms with E-state index < -0.39 is 10.0 Å². The summed E-state index contributed by atoms with van der Waals surface area (Å²) in [6.45, 7) is 2.62. The van der Waals surface area contributed by atoms with E-state index in [2.05, 4.69) is 11.6 Å². The van der Waals surface area contributed by atoms with E-state index in [-0.39, 0.29) is 15.6 Å². The lowest BCUT2D eigenvalue weighted by molar-refractivity contribution is 0.283. The van der Waals surface area contributed by atoms with Crippen molar-refractivity contribution in [2.75, 3.05) is 12.3 Å². The molecular weight excluding hydrogens is 331 g/mol. The third kappa shape index (κ3) is 4.25. The van der Waals surface area contributed by atoms with Crippen molar-refractivity contribution in [3.05, 3.63) is 22.2 Å². The van der Waals surface area contributed by atoms with Crippen LogP contribution < -0.4 is 10.5 Å². The number of nitrogen functional groups attached to an aromatic ring is 1. The molecule has 1 aromatic rings. The Morgan fingerprint density at radius 1 is 1.33 bits per heavy atom. The Bertz CT molecular complexity index is 596. The fourth-order valence-electron chi connectivity index (χ4n) is 2.91. The second-order valence-corrected chi connectivity index (χ2v) is 8.34. The van der Waals surface area contributed by atoms with Crippen LogP contribution in [0.4, 0.5) is 5.69 Å². The van der Waals surface area contributed by atoms with E-state index in [9.17, 15) is 8.42 Å². The number of nitrogens with one attached hydrogen (secondary N) is 1. The zero-order chi connectivity index (χ0) is 15.6. The van der Waals surface area contributed by atoms with Crippen molar-refractivity contribution in [3.63, 3.8) is 0 Å². The summed E-state index contributed by atoms with van der Waals surface area (Å²) < 4.78 is 27.4. The third-order valence-corrected chi connectivity index (χ3v) is 6.08. The Morgan fingerprint density at radius 2 is 2.05 bits per heavy atom. The number of sulfonamides is 1. The van der Waals surface area contributed by atoms with Gasteiger partial charge in [-0.15, -0.1) is 0 Å². The number of anilines is 1. The van der Waals surface area contributed by atoms with Crippen LogP contribution in [0, 0.1) is 11.8 Å². The molecule has 4 nitrogen and oxygen atoms in total. The fraction of sp³-hybridized carbons (Fsp3) is 0.571. The topological polar surface area (TPSA) is 72.2 Å². The molecule has 2 unspecified atom stereocenters. The van der Waals surface area contributed by atoms with Gasteiger partial charge in [0.25, 0.3) is 0 Å². The Hall–Kier alpha value is -0.490. The first-order valence-corrected chi connectivity index (χ1v) is 9.27. The molecule has 1 aliphatic carbocycles. The molecule has 0 radical (unpaired) electrons. The van der Waals surface area contributed by atoms with Crippen LogP contribution in [-0.2, 0) is 10.0 Å². The first kappa shape index (κ1) is 16.9. The van der Waals surface area contributed by atoms with Gasteiger partial charge in [-0.2, -0.15) is 0 Å². The highest BCUT2D eigenvalue weighted by molar-refractivity contribution is 7.89. The normalized spacial score (nSPS) is 23.2. The van der Waals surface area contributed by atoms with E-state index in [0.29, 0.717) is 23.4 Å². The predicted molar refractivity (Wildman–Crippen MR) is 87.2 cm³/mol. The molecule has 0 saturated heterocycles. The molecule has 0 aromatic heterocycles. The Labute approximate surface area is 136 Å². The Balaban J connectivity index is 2.12. The SMILES string of the molecule is CC1CCCC(CNS(=O)(=O)c2c(N)cc(Cl)cc2Cl)C1. The van der Waals surface area contributed by atoms with Gasteiger partial charge in [-0.25, -0.2) is 13.1 Å². The highest BCUT2D eigenvalue weighted by atomic mass is 35.5. The van der Waals surface area contributed by atoms with Crippen LogP contribution in [0.25, 0.3) is 0 Å². The molecule has 0 amide bonds. The van der Waals surface area contributed by atoms with Gasteiger partial charge in [0, 0.05) is 11.6 Å². The molecule has 2 rings (SSSR count). The van der Waals surface area contributed by atoms with Gasteiger partial charge in [0.2, 0.25) is 10.0 Å². The van der Waals surface area contributed by atoms with Gasteiger partial charge in [0.05, 0.1) is 10.7 Å². The van der Waals surface area contributed by atoms with Crippen LogP contribution in [0.1, 0.15) is 32.6 Å². The molecule has 1 fully saturated rings. The largest absolute Gasteiger partial charge is 0.398 e. The number of hydrogen-bond donors (Lipinski definition) is 2. The molecule has 1 aliphatic rings. The average molecular weight is 351 g/mol. The predicted octanol–water partition coefficient (Wildman–Crippen LogP) is 3.68. The minimum Gasteiger partial charge on any atom is -0.398 e. The van der Waals surface area contributed by atoms with Crippen molar-refractivity contribution in [3.8, 4) is 0 Å². The molecule has 0 aliphatic heterocycles. The van der Waals surface area contributed by atoms with E-state index >= 15 is 0 Å². The number of benzene rings is 1. The summed E-state index contributed by atoms with van der Waals surface area (Å²) in [5.41, 5.74) is 5.82. The molecule has 1 aromatic carbocycles. The lowest BCUT2D eigenvalue weighted by Crippen LogP contribution is -2.32. The summed E-state index contributed by atoms with van der Waals surface area (Å²) in [7, 11) is -3.72. The molecule has 0 spiro atoms. The van der Waals surface area contributed by atoms with Crippen molar-refractivity contribution >= 4 is 38.9 Å². The van der Waals surface area contributed by atoms with Gasteiger partial charge in [-0.05, 0) is 36.8 Å². The number of rotatable bonds is 4. The van der Waals surface area contributed by atoms with Crippen molar-refractivity contribution in [1.82, 2.24) is 4.72 Å². The van der Waals surface area contributed by atoms with Gasteiger partial charge >= 0.3 is 0 Å². The van der Waals surface area contributed by atoms with Crippen LogP contribution in [0.5, 0.6) is 0 Å². The van der Waals surface area contributed by atoms with E-state index in [0.717, 1.165) is 19.3 Å². The van der Waals surface area contributed by atoms with Gasteiger partial charge in [-0.1, -0.05) is 43.0 Å². The summed E-state index contributed by atoms with van der Waals surface area (Å²) >= 11 is 11.8. The van der Waals surface area contributed by atoms with Gasteiger partial charge in [-0.3, -0.25) is 0 Å². The second kappa shape index (κ2) is 6.73. The average Bonchev–Trinajstić information content (AvgIpc) is 2.35. The molecular formula is C14H20Cl2N2O2S. The summed E-state index contributed by atoms with van der Waals surface area (Å²) in [5, 5.41) is 0.363. The third-order valence-electron chi connectivity index (χ3n) is 3.91. The van der Waals surface area contributed by atoms with Crippen LogP contribution in [-0.4, -0.2) is 15.0 Å². The molecule has 118 valence electrons. The number of nitrogens with two attached hydrogens (primary N) is 1. The highest BCUT2D eigenvalue weighted by Crippen LogP contribution is 2.32. The van der Waals surface area contributed by atoms with E-state index in [1.54, 1.807) is 0 Å². The van der Waals surface area contributed by atoms with Crippen LogP contribution in [0.15, 0.2) is 17.0 Å². The molecule has 7 heteroatoms. The zero-order valence-corrected chi connectivity index (χ0v) is 14.2. The molecule has 3 N–H and O–H groups in total. The summed E-state index contributed by atoms with van der Waals surface area (Å²) in [6, 6.07) is 2.78. The van der Waals surface area contributed by atoms with Crippen molar-refractivity contribution in [2.45, 2.75) is 37.5 Å². The summed E-state index contributed by atoms with van der Waals surface area (Å²) in [5.74, 6) is 1.02. The molecule has 1 saturated carbocycles. The van der Waals surface area contributed by atoms with Crippen molar-refractivity contribution in [2.24, 2.45) is 11.8 Å². The van der Waals surface area contributed by atoms with E-state index in [1.165, 1.54) is 18.6 Å². The second-order valence-electron chi connectivity index (χ2n) is 5.80. The standard InChI is InChI=1S/C14H20Cl2N2O2S/c1-9-3-2-4-10(5-9)8-18-21(19,20)14-12(16)6-11(15)7-13(14)17/h6-7,9-10,18H,2-5,8,17H2,1H3. The zero-order valence-electron chi connectivity index (χ0n) is 11.9. The first-order valence-electron chi connectivity index (χ1n) is 7.04. The Morgan fingerprint density at radius 3 is 2.67 bits per heavy atom. The van der Waals surface area contributed by atoms with E-state index in [4.69, 9.17) is 28.9 Å². The van der Waals surface area contributed by atoms with Crippen LogP contribution in [0.3, 0.4) is 0 Å². The van der Waals surface area contributed by atoms with Gasteiger partial charge in [0.1, 0.15) is 4.90 Å². The number of hydrogen-bond acceptors (Lipinski definition) is 3. The van der Waals surface area contributed by atoms with Crippen LogP contribution >= 0.6 is 23.2 Å². The Kier molecular flexibility index (Phi) is 5.41. The molecule has 0 bridgehead atoms. The van der Waals surface area contributed by atoms with E-state index in [1.807, 2.05) is 0 Å². The molecule has 0 heterocycles. The first-order chi connectivity index (χ1) is 9.79. The monoisotopic (exact) mass is 350 g/mol. The minimum absolute atomic E-state index is 0.0458. The van der Waals surface area contributed by atoms with Gasteiger partial charge in [0.15, 0.2) is 0 Å². The fourth-order valence-corrected chi connectivity index (χ4v) is 5.01. The van der Waals surface area contributed by atoms with Crippen molar-refractivity contribution in [1.29, 1.82) is 0 Å². The van der Waals surface area contributed by atoms with Crippen LogP contribution in [0.2, 0.25) is 10.0 Å². The summed E-state index contributed by atoms with van der Waals surface area (Å²) in [4.78, 5) is -0.0857. The summed E-state index contributed by atoms with van der Waals surface area (Å²) in [6.07, 6.45) is 4.47. The van der Waals surface area contributed by atoms with Gasteiger partial charge < -0.3 is 5.73 Å². The maximum absolute atomic E-state index is 12.4. The smallest absolute Gasteiger partial charge is 0.244 e.